The van der Waals surface area contributed by atoms with E-state index in [2.05, 4.69) is 34.0 Å². The molecule has 7 nitrogen and oxygen atoms in total. The Morgan fingerprint density at radius 3 is 2.67 bits per heavy atom. The second-order valence-corrected chi connectivity index (χ2v) is 8.47. The Labute approximate surface area is 142 Å². The molecular weight excluding hydrogens is 326 g/mol. The van der Waals surface area contributed by atoms with Crippen molar-refractivity contribution >= 4 is 10.0 Å². The van der Waals surface area contributed by atoms with E-state index in [9.17, 15) is 8.42 Å². The Morgan fingerprint density at radius 2 is 2.08 bits per heavy atom. The first-order chi connectivity index (χ1) is 11.5. The second-order valence-electron chi connectivity index (χ2n) is 6.54. The van der Waals surface area contributed by atoms with E-state index in [1.165, 1.54) is 6.20 Å². The first-order valence-electron chi connectivity index (χ1n) is 8.28. The van der Waals surface area contributed by atoms with Crippen LogP contribution in [-0.4, -0.2) is 46.0 Å². The van der Waals surface area contributed by atoms with Crippen molar-refractivity contribution < 1.29 is 8.42 Å². The molecule has 1 aliphatic rings. The van der Waals surface area contributed by atoms with Crippen LogP contribution in [0.3, 0.4) is 0 Å². The molecule has 2 aromatic heterocycles. The van der Waals surface area contributed by atoms with E-state index < -0.39 is 10.0 Å². The SMILES string of the molecule is CC(C)c1n[nH]c(CC2CCN(S(=O)(=O)c3cccnc3)CC2)n1. The monoisotopic (exact) mass is 349 g/mol. The highest BCUT2D eigenvalue weighted by atomic mass is 32.2. The molecule has 2 aromatic rings. The summed E-state index contributed by atoms with van der Waals surface area (Å²) in [7, 11) is -3.43. The number of aromatic amines is 1. The van der Waals surface area contributed by atoms with E-state index in [0.29, 0.717) is 24.9 Å². The molecule has 1 aliphatic heterocycles. The highest BCUT2D eigenvalue weighted by Gasteiger charge is 2.29. The predicted octanol–water partition coefficient (Wildman–Crippen LogP) is 1.97. The van der Waals surface area contributed by atoms with Crippen molar-refractivity contribution in [1.29, 1.82) is 0 Å². The minimum atomic E-state index is -3.43. The molecule has 0 spiro atoms. The third kappa shape index (κ3) is 3.64. The zero-order valence-corrected chi connectivity index (χ0v) is 14.8. The highest BCUT2D eigenvalue weighted by Crippen LogP contribution is 2.25. The molecule has 0 atom stereocenters. The van der Waals surface area contributed by atoms with Crippen LogP contribution in [0.1, 0.15) is 44.3 Å². The number of nitrogens with one attached hydrogen (secondary N) is 1. The van der Waals surface area contributed by atoms with Crippen molar-refractivity contribution in [2.75, 3.05) is 13.1 Å². The van der Waals surface area contributed by atoms with Crippen molar-refractivity contribution in [2.24, 2.45) is 5.92 Å². The molecule has 0 aromatic carbocycles. The van der Waals surface area contributed by atoms with Gasteiger partial charge in [-0.2, -0.15) is 9.40 Å². The van der Waals surface area contributed by atoms with Crippen molar-refractivity contribution in [2.45, 2.75) is 43.9 Å². The Kier molecular flexibility index (Phi) is 4.96. The number of hydrogen-bond acceptors (Lipinski definition) is 5. The third-order valence-electron chi connectivity index (χ3n) is 4.39. The lowest BCUT2D eigenvalue weighted by molar-refractivity contribution is 0.270. The lowest BCUT2D eigenvalue weighted by Crippen LogP contribution is -2.39. The van der Waals surface area contributed by atoms with E-state index >= 15 is 0 Å². The zero-order valence-electron chi connectivity index (χ0n) is 14.0. The Morgan fingerprint density at radius 1 is 1.33 bits per heavy atom. The van der Waals surface area contributed by atoms with Crippen molar-refractivity contribution in [1.82, 2.24) is 24.5 Å². The molecule has 8 heteroatoms. The van der Waals surface area contributed by atoms with Gasteiger partial charge in [0.15, 0.2) is 5.82 Å². The van der Waals surface area contributed by atoms with Crippen LogP contribution in [0.4, 0.5) is 0 Å². The minimum Gasteiger partial charge on any atom is -0.263 e. The van der Waals surface area contributed by atoms with Gasteiger partial charge in [-0.1, -0.05) is 13.8 Å². The minimum absolute atomic E-state index is 0.264. The summed E-state index contributed by atoms with van der Waals surface area (Å²) in [6, 6.07) is 3.24. The van der Waals surface area contributed by atoms with Gasteiger partial charge in [0.1, 0.15) is 10.7 Å². The van der Waals surface area contributed by atoms with Gasteiger partial charge >= 0.3 is 0 Å². The van der Waals surface area contributed by atoms with Gasteiger partial charge < -0.3 is 0 Å². The molecular formula is C16H23N5O2S. The fourth-order valence-corrected chi connectivity index (χ4v) is 4.37. The van der Waals surface area contributed by atoms with Gasteiger partial charge in [0.05, 0.1) is 0 Å². The van der Waals surface area contributed by atoms with Crippen LogP contribution < -0.4 is 0 Å². The van der Waals surface area contributed by atoms with Crippen LogP contribution >= 0.6 is 0 Å². The number of piperidine rings is 1. The molecule has 0 aliphatic carbocycles. The van der Waals surface area contributed by atoms with Crippen LogP contribution in [0.5, 0.6) is 0 Å². The summed E-state index contributed by atoms with van der Waals surface area (Å²) in [4.78, 5) is 8.68. The van der Waals surface area contributed by atoms with Gasteiger partial charge in [-0.05, 0) is 30.9 Å². The lowest BCUT2D eigenvalue weighted by atomic mass is 9.94. The summed E-state index contributed by atoms with van der Waals surface area (Å²) in [5.41, 5.74) is 0. The molecule has 24 heavy (non-hydrogen) atoms. The highest BCUT2D eigenvalue weighted by molar-refractivity contribution is 7.89. The summed E-state index contributed by atoms with van der Waals surface area (Å²) in [6.45, 7) is 5.20. The first kappa shape index (κ1) is 17.0. The van der Waals surface area contributed by atoms with E-state index in [1.807, 2.05) is 0 Å². The molecule has 3 rings (SSSR count). The van der Waals surface area contributed by atoms with Crippen molar-refractivity contribution in [3.63, 3.8) is 0 Å². The van der Waals surface area contributed by atoms with E-state index in [-0.39, 0.29) is 4.90 Å². The first-order valence-corrected chi connectivity index (χ1v) is 9.72. The lowest BCUT2D eigenvalue weighted by Gasteiger charge is -2.30. The van der Waals surface area contributed by atoms with E-state index in [0.717, 1.165) is 30.9 Å². The summed E-state index contributed by atoms with van der Waals surface area (Å²) in [5.74, 6) is 2.47. The van der Waals surface area contributed by atoms with Gasteiger partial charge in [0.25, 0.3) is 0 Å². The standard InChI is InChI=1S/C16H23N5O2S/c1-12(2)16-18-15(19-20-16)10-13-5-8-21(9-6-13)24(22,23)14-4-3-7-17-11-14/h3-4,7,11-13H,5-6,8-10H2,1-2H3,(H,18,19,20). The molecule has 0 bridgehead atoms. The van der Waals surface area contributed by atoms with E-state index in [1.54, 1.807) is 22.6 Å². The Hall–Kier alpha value is -1.80. The summed E-state index contributed by atoms with van der Waals surface area (Å²) in [5, 5.41) is 7.23. The number of nitrogens with zero attached hydrogens (tertiary/aromatic N) is 4. The van der Waals surface area contributed by atoms with Crippen LogP contribution in [0.2, 0.25) is 0 Å². The second kappa shape index (κ2) is 6.98. The van der Waals surface area contributed by atoms with E-state index in [4.69, 9.17) is 0 Å². The predicted molar refractivity (Wildman–Crippen MR) is 89.9 cm³/mol. The van der Waals surface area contributed by atoms with Gasteiger partial charge in [-0.25, -0.2) is 13.4 Å². The Balaban J connectivity index is 1.59. The molecule has 0 amide bonds. The molecule has 1 fully saturated rings. The molecule has 130 valence electrons. The maximum atomic E-state index is 12.6. The number of aromatic nitrogens is 4. The summed E-state index contributed by atoms with van der Waals surface area (Å²) >= 11 is 0. The summed E-state index contributed by atoms with van der Waals surface area (Å²) in [6.07, 6.45) is 5.46. The number of hydrogen-bond donors (Lipinski definition) is 1. The van der Waals surface area contributed by atoms with Gasteiger partial charge in [-0.3, -0.25) is 10.1 Å². The molecule has 0 saturated carbocycles. The van der Waals surface area contributed by atoms with Crippen molar-refractivity contribution in [3.05, 3.63) is 36.2 Å². The normalized spacial score (nSPS) is 17.5. The number of H-pyrrole nitrogens is 1. The largest absolute Gasteiger partial charge is 0.263 e. The fourth-order valence-electron chi connectivity index (χ4n) is 2.94. The number of pyridine rings is 1. The maximum Gasteiger partial charge on any atom is 0.244 e. The zero-order chi connectivity index (χ0) is 17.2. The van der Waals surface area contributed by atoms with Crippen molar-refractivity contribution in [3.8, 4) is 0 Å². The third-order valence-corrected chi connectivity index (χ3v) is 6.28. The Bertz CT molecular complexity index is 765. The van der Waals surface area contributed by atoms with Crippen LogP contribution in [-0.2, 0) is 16.4 Å². The number of rotatable bonds is 5. The average molecular weight is 349 g/mol. The maximum absolute atomic E-state index is 12.6. The van der Waals surface area contributed by atoms with Crippen LogP contribution in [0.25, 0.3) is 0 Å². The molecule has 1 N–H and O–H groups in total. The quantitative estimate of drug-likeness (QED) is 0.891. The van der Waals surface area contributed by atoms with Gasteiger partial charge in [0.2, 0.25) is 10.0 Å². The smallest absolute Gasteiger partial charge is 0.244 e. The van der Waals surface area contributed by atoms with Crippen LogP contribution in [0.15, 0.2) is 29.4 Å². The topological polar surface area (TPSA) is 91.8 Å². The molecule has 1 saturated heterocycles. The average Bonchev–Trinajstić information content (AvgIpc) is 3.05. The molecule has 3 heterocycles. The number of sulfonamides is 1. The summed E-state index contributed by atoms with van der Waals surface area (Å²) < 4.78 is 26.7. The molecule has 0 radical (unpaired) electrons. The van der Waals surface area contributed by atoms with Gasteiger partial charge in [0, 0.05) is 37.8 Å². The van der Waals surface area contributed by atoms with Gasteiger partial charge in [-0.15, -0.1) is 0 Å². The molecule has 0 unspecified atom stereocenters. The van der Waals surface area contributed by atoms with Crippen LogP contribution in [0, 0.1) is 5.92 Å². The fraction of sp³-hybridized carbons (Fsp3) is 0.562.